The SMILES string of the molecule is COC(C)c1nc(=S)c(Br)c(-c2ccccc2)[nH]1. The highest BCUT2D eigenvalue weighted by atomic mass is 79.9. The smallest absolute Gasteiger partial charge is 0.144 e. The molecule has 0 saturated carbocycles. The lowest BCUT2D eigenvalue weighted by atomic mass is 10.1. The summed E-state index contributed by atoms with van der Waals surface area (Å²) in [7, 11) is 1.65. The second kappa shape index (κ2) is 5.73. The van der Waals surface area contributed by atoms with Gasteiger partial charge in [-0.2, -0.15) is 0 Å². The highest BCUT2D eigenvalue weighted by molar-refractivity contribution is 9.10. The standard InChI is InChI=1S/C13H13BrN2OS/c1-8(17-2)12-15-11(10(14)13(18)16-12)9-6-4-3-5-7-9/h3-8H,1-2H3,(H,15,16,18). The van der Waals surface area contributed by atoms with Gasteiger partial charge < -0.3 is 9.72 Å². The number of H-pyrrole nitrogens is 1. The summed E-state index contributed by atoms with van der Waals surface area (Å²) in [5.74, 6) is 0.726. The van der Waals surface area contributed by atoms with Crippen LogP contribution in [-0.4, -0.2) is 17.1 Å². The summed E-state index contributed by atoms with van der Waals surface area (Å²) in [6.07, 6.45) is -0.123. The Hall–Kier alpha value is -1.04. The van der Waals surface area contributed by atoms with Crippen LogP contribution >= 0.6 is 28.1 Å². The van der Waals surface area contributed by atoms with Crippen LogP contribution in [0.3, 0.4) is 0 Å². The first-order valence-electron chi connectivity index (χ1n) is 5.51. The summed E-state index contributed by atoms with van der Waals surface area (Å²) in [5, 5.41) is 0. The lowest BCUT2D eigenvalue weighted by molar-refractivity contribution is 0.112. The van der Waals surface area contributed by atoms with Gasteiger partial charge in [-0.05, 0) is 28.4 Å². The number of methoxy groups -OCH3 is 1. The van der Waals surface area contributed by atoms with Crippen LogP contribution < -0.4 is 0 Å². The van der Waals surface area contributed by atoms with Crippen LogP contribution in [0.15, 0.2) is 34.8 Å². The van der Waals surface area contributed by atoms with E-state index in [4.69, 9.17) is 17.0 Å². The molecule has 0 spiro atoms. The van der Waals surface area contributed by atoms with Crippen LogP contribution in [0.25, 0.3) is 11.3 Å². The largest absolute Gasteiger partial charge is 0.374 e. The van der Waals surface area contributed by atoms with Crippen LogP contribution in [0.5, 0.6) is 0 Å². The van der Waals surface area contributed by atoms with E-state index in [-0.39, 0.29) is 6.10 Å². The molecule has 1 atom stereocenters. The molecule has 0 saturated heterocycles. The molecule has 0 aliphatic carbocycles. The van der Waals surface area contributed by atoms with Crippen molar-refractivity contribution in [2.75, 3.05) is 7.11 Å². The van der Waals surface area contributed by atoms with E-state index in [9.17, 15) is 0 Å². The molecule has 0 amide bonds. The summed E-state index contributed by atoms with van der Waals surface area (Å²) in [4.78, 5) is 7.59. The Bertz CT molecular complexity index is 598. The summed E-state index contributed by atoms with van der Waals surface area (Å²) in [6.45, 7) is 1.93. The first-order chi connectivity index (χ1) is 8.63. The molecule has 0 aliphatic heterocycles. The third-order valence-corrected chi connectivity index (χ3v) is 4.01. The van der Waals surface area contributed by atoms with E-state index in [0.29, 0.717) is 4.64 Å². The Labute approximate surface area is 119 Å². The number of hydrogen-bond donors (Lipinski definition) is 1. The normalized spacial score (nSPS) is 12.4. The van der Waals surface area contributed by atoms with Gasteiger partial charge in [-0.25, -0.2) is 4.98 Å². The van der Waals surface area contributed by atoms with Crippen LogP contribution in [0.4, 0.5) is 0 Å². The van der Waals surface area contributed by atoms with Crippen molar-refractivity contribution >= 4 is 28.1 Å². The van der Waals surface area contributed by atoms with Gasteiger partial charge >= 0.3 is 0 Å². The van der Waals surface area contributed by atoms with Crippen LogP contribution in [0, 0.1) is 4.64 Å². The van der Waals surface area contributed by atoms with Gasteiger partial charge in [0.25, 0.3) is 0 Å². The van der Waals surface area contributed by atoms with E-state index >= 15 is 0 Å². The van der Waals surface area contributed by atoms with Crippen molar-refractivity contribution in [3.63, 3.8) is 0 Å². The molecule has 0 radical (unpaired) electrons. The third-order valence-electron chi connectivity index (χ3n) is 2.68. The summed E-state index contributed by atoms with van der Waals surface area (Å²) in [5.41, 5.74) is 1.98. The molecule has 1 N–H and O–H groups in total. The predicted octanol–water partition coefficient (Wildman–Crippen LogP) is 4.28. The predicted molar refractivity (Wildman–Crippen MR) is 78.0 cm³/mol. The number of aromatic amines is 1. The maximum Gasteiger partial charge on any atom is 0.144 e. The Kier molecular flexibility index (Phi) is 4.27. The van der Waals surface area contributed by atoms with Gasteiger partial charge in [0.15, 0.2) is 0 Å². The quantitative estimate of drug-likeness (QED) is 0.856. The summed E-state index contributed by atoms with van der Waals surface area (Å²) >= 11 is 8.75. The Morgan fingerprint density at radius 2 is 2.00 bits per heavy atom. The molecule has 18 heavy (non-hydrogen) atoms. The number of hydrogen-bond acceptors (Lipinski definition) is 3. The molecule has 3 nitrogen and oxygen atoms in total. The number of aromatic nitrogens is 2. The van der Waals surface area contributed by atoms with Crippen molar-refractivity contribution in [2.24, 2.45) is 0 Å². The highest BCUT2D eigenvalue weighted by Gasteiger charge is 2.12. The molecular formula is C13H13BrN2OS. The molecule has 1 aromatic heterocycles. The average molecular weight is 325 g/mol. The summed E-state index contributed by atoms with van der Waals surface area (Å²) < 4.78 is 6.60. The van der Waals surface area contributed by atoms with E-state index in [0.717, 1.165) is 21.6 Å². The second-order valence-electron chi connectivity index (χ2n) is 3.86. The number of ether oxygens (including phenoxy) is 1. The fraction of sp³-hybridized carbons (Fsp3) is 0.231. The van der Waals surface area contributed by atoms with Gasteiger partial charge in [0, 0.05) is 7.11 Å². The van der Waals surface area contributed by atoms with Crippen molar-refractivity contribution in [3.8, 4) is 11.3 Å². The Morgan fingerprint density at radius 3 is 2.61 bits per heavy atom. The van der Waals surface area contributed by atoms with Crippen molar-refractivity contribution in [1.82, 2.24) is 9.97 Å². The van der Waals surface area contributed by atoms with Gasteiger partial charge in [0.1, 0.15) is 16.6 Å². The van der Waals surface area contributed by atoms with Gasteiger partial charge in [-0.15, -0.1) is 0 Å². The van der Waals surface area contributed by atoms with Gasteiger partial charge in [-0.1, -0.05) is 42.5 Å². The molecule has 0 aliphatic rings. The van der Waals surface area contributed by atoms with E-state index in [1.165, 1.54) is 0 Å². The lowest BCUT2D eigenvalue weighted by Crippen LogP contribution is -2.05. The average Bonchev–Trinajstić information content (AvgIpc) is 2.41. The monoisotopic (exact) mass is 324 g/mol. The van der Waals surface area contributed by atoms with E-state index < -0.39 is 0 Å². The Morgan fingerprint density at radius 1 is 1.33 bits per heavy atom. The number of halogens is 1. The summed E-state index contributed by atoms with van der Waals surface area (Å²) in [6, 6.07) is 9.99. The zero-order chi connectivity index (χ0) is 13.1. The minimum atomic E-state index is -0.123. The van der Waals surface area contributed by atoms with Crippen molar-refractivity contribution in [3.05, 3.63) is 45.3 Å². The fourth-order valence-corrected chi connectivity index (χ4v) is 2.20. The molecule has 1 unspecified atom stereocenters. The fourth-order valence-electron chi connectivity index (χ4n) is 1.58. The molecule has 0 fully saturated rings. The number of nitrogens with one attached hydrogen (secondary N) is 1. The Balaban J connectivity index is 2.60. The minimum Gasteiger partial charge on any atom is -0.374 e. The minimum absolute atomic E-state index is 0.123. The van der Waals surface area contributed by atoms with Crippen molar-refractivity contribution in [1.29, 1.82) is 0 Å². The van der Waals surface area contributed by atoms with Gasteiger partial charge in [0.2, 0.25) is 0 Å². The molecule has 0 bridgehead atoms. The second-order valence-corrected chi connectivity index (χ2v) is 5.04. The van der Waals surface area contributed by atoms with Gasteiger partial charge in [-0.3, -0.25) is 0 Å². The topological polar surface area (TPSA) is 37.9 Å². The molecular weight excluding hydrogens is 312 g/mol. The number of rotatable bonds is 3. The molecule has 2 rings (SSSR count). The zero-order valence-corrected chi connectivity index (χ0v) is 12.5. The van der Waals surface area contributed by atoms with Crippen LogP contribution in [0.2, 0.25) is 0 Å². The number of nitrogens with zero attached hydrogens (tertiary/aromatic N) is 1. The van der Waals surface area contributed by atoms with Crippen molar-refractivity contribution < 1.29 is 4.74 Å². The van der Waals surface area contributed by atoms with Crippen LogP contribution in [0.1, 0.15) is 18.9 Å². The van der Waals surface area contributed by atoms with Gasteiger partial charge in [0.05, 0.1) is 10.2 Å². The lowest BCUT2D eigenvalue weighted by Gasteiger charge is -2.12. The molecule has 94 valence electrons. The van der Waals surface area contributed by atoms with E-state index in [1.807, 2.05) is 37.3 Å². The number of benzene rings is 1. The molecule has 2 aromatic rings. The van der Waals surface area contributed by atoms with E-state index in [2.05, 4.69) is 25.9 Å². The third kappa shape index (κ3) is 2.68. The molecule has 1 aromatic carbocycles. The maximum atomic E-state index is 5.27. The first-order valence-corrected chi connectivity index (χ1v) is 6.71. The highest BCUT2D eigenvalue weighted by Crippen LogP contribution is 2.28. The van der Waals surface area contributed by atoms with Crippen molar-refractivity contribution in [2.45, 2.75) is 13.0 Å². The maximum absolute atomic E-state index is 5.27. The molecule has 5 heteroatoms. The molecule has 1 heterocycles. The first kappa shape index (κ1) is 13.4. The van der Waals surface area contributed by atoms with E-state index in [1.54, 1.807) is 7.11 Å². The zero-order valence-electron chi connectivity index (χ0n) is 10.1. The van der Waals surface area contributed by atoms with Crippen LogP contribution in [-0.2, 0) is 4.74 Å².